The molecule has 0 saturated carbocycles. The first kappa shape index (κ1) is 24.9. The van der Waals surface area contributed by atoms with Gasteiger partial charge in [0.05, 0.1) is 4.90 Å². The lowest BCUT2D eigenvalue weighted by atomic mass is 10.1. The fourth-order valence-electron chi connectivity index (χ4n) is 3.72. The first-order valence-electron chi connectivity index (χ1n) is 11.0. The van der Waals surface area contributed by atoms with E-state index in [1.54, 1.807) is 36.4 Å². The number of nitrogens with zero attached hydrogens (tertiary/aromatic N) is 2. The Morgan fingerprint density at radius 2 is 1.71 bits per heavy atom. The van der Waals surface area contributed by atoms with Gasteiger partial charge in [-0.3, -0.25) is 14.4 Å². The first-order valence-corrected chi connectivity index (χ1v) is 13.5. The minimum Gasteiger partial charge on any atom is -0.351 e. The van der Waals surface area contributed by atoms with E-state index in [0.29, 0.717) is 22.0 Å². The number of carbonyl (C=O) groups is 3. The standard InChI is InChI=1S/C23H25N5O5S2/c24-35(32,33)18-9-3-15(4-10-18)14-25-21(30)16-5-7-17(8-6-16)26-20(29)13-19-22(31)27-23(34-19)28-11-1-2-12-28/h3-10,19H,1-2,11-14H2,(H,25,30)(H,26,29)(H2,24,32,33)/t19-/m1/s1. The lowest BCUT2D eigenvalue weighted by Crippen LogP contribution is -2.25. The Bertz CT molecular complexity index is 1250. The highest BCUT2D eigenvalue weighted by atomic mass is 32.2. The summed E-state index contributed by atoms with van der Waals surface area (Å²) in [5.74, 6) is -0.898. The Morgan fingerprint density at radius 1 is 1.06 bits per heavy atom. The third kappa shape index (κ3) is 6.47. The molecule has 184 valence electrons. The topological polar surface area (TPSA) is 151 Å². The van der Waals surface area contributed by atoms with Gasteiger partial charge in [0.1, 0.15) is 5.25 Å². The van der Waals surface area contributed by atoms with Crippen molar-refractivity contribution in [2.75, 3.05) is 18.4 Å². The van der Waals surface area contributed by atoms with Crippen LogP contribution in [-0.2, 0) is 26.2 Å². The zero-order chi connectivity index (χ0) is 25.0. The van der Waals surface area contributed by atoms with Gasteiger partial charge in [-0.25, -0.2) is 13.6 Å². The Kier molecular flexibility index (Phi) is 7.53. The predicted octanol–water partition coefficient (Wildman–Crippen LogP) is 1.69. The molecule has 0 aliphatic carbocycles. The van der Waals surface area contributed by atoms with Crippen LogP contribution in [-0.4, -0.2) is 54.5 Å². The number of nitrogens with two attached hydrogens (primary N) is 1. The number of sulfonamides is 1. The third-order valence-electron chi connectivity index (χ3n) is 5.61. The largest absolute Gasteiger partial charge is 0.351 e. The smallest absolute Gasteiger partial charge is 0.262 e. The van der Waals surface area contributed by atoms with Crippen LogP contribution < -0.4 is 15.8 Å². The number of amidine groups is 1. The fraction of sp³-hybridized carbons (Fsp3) is 0.304. The van der Waals surface area contributed by atoms with Gasteiger partial charge in [0.2, 0.25) is 15.9 Å². The molecule has 0 spiro atoms. The molecule has 10 nitrogen and oxygen atoms in total. The van der Waals surface area contributed by atoms with Crippen LogP contribution >= 0.6 is 11.8 Å². The highest BCUT2D eigenvalue weighted by Gasteiger charge is 2.33. The second-order valence-electron chi connectivity index (χ2n) is 8.23. The summed E-state index contributed by atoms with van der Waals surface area (Å²) in [6.45, 7) is 1.99. The van der Waals surface area contributed by atoms with Crippen LogP contribution in [0.4, 0.5) is 5.69 Å². The van der Waals surface area contributed by atoms with Crippen LogP contribution in [0, 0.1) is 0 Å². The van der Waals surface area contributed by atoms with Crippen molar-refractivity contribution < 1.29 is 22.8 Å². The molecule has 0 radical (unpaired) electrons. The highest BCUT2D eigenvalue weighted by Crippen LogP contribution is 2.29. The number of likely N-dealkylation sites (tertiary alicyclic amines) is 1. The zero-order valence-corrected chi connectivity index (χ0v) is 20.4. The van der Waals surface area contributed by atoms with E-state index in [-0.39, 0.29) is 35.6 Å². The molecule has 2 aliphatic rings. The van der Waals surface area contributed by atoms with Gasteiger partial charge in [0.25, 0.3) is 11.8 Å². The second kappa shape index (κ2) is 10.6. The summed E-state index contributed by atoms with van der Waals surface area (Å²) in [4.78, 5) is 43.2. The molecule has 1 saturated heterocycles. The van der Waals surface area contributed by atoms with E-state index in [1.165, 1.54) is 23.9 Å². The van der Waals surface area contributed by atoms with Gasteiger partial charge in [-0.1, -0.05) is 23.9 Å². The molecule has 2 aliphatic heterocycles. The number of nitrogens with one attached hydrogen (secondary N) is 2. The van der Waals surface area contributed by atoms with Crippen molar-refractivity contribution in [1.82, 2.24) is 10.2 Å². The molecule has 12 heteroatoms. The summed E-state index contributed by atoms with van der Waals surface area (Å²) in [6, 6.07) is 12.3. The number of aliphatic imine (C=N–C) groups is 1. The van der Waals surface area contributed by atoms with E-state index >= 15 is 0 Å². The van der Waals surface area contributed by atoms with Gasteiger partial charge >= 0.3 is 0 Å². The van der Waals surface area contributed by atoms with E-state index in [9.17, 15) is 22.8 Å². The molecule has 0 unspecified atom stereocenters. The number of rotatable bonds is 7. The van der Waals surface area contributed by atoms with Gasteiger partial charge in [0, 0.05) is 37.3 Å². The lowest BCUT2D eigenvalue weighted by Gasteiger charge is -2.16. The lowest BCUT2D eigenvalue weighted by molar-refractivity contribution is -0.121. The van der Waals surface area contributed by atoms with Crippen molar-refractivity contribution >= 4 is 50.4 Å². The maximum Gasteiger partial charge on any atom is 0.262 e. The minimum absolute atomic E-state index is 0.000612. The fourth-order valence-corrected chi connectivity index (χ4v) is 5.35. The van der Waals surface area contributed by atoms with Crippen molar-refractivity contribution in [3.63, 3.8) is 0 Å². The number of benzene rings is 2. The van der Waals surface area contributed by atoms with Crippen molar-refractivity contribution in [3.05, 3.63) is 59.7 Å². The normalized spacial score (nSPS) is 17.9. The summed E-state index contributed by atoms with van der Waals surface area (Å²) in [5, 5.41) is 10.8. The molecule has 35 heavy (non-hydrogen) atoms. The van der Waals surface area contributed by atoms with Gasteiger partial charge in [0.15, 0.2) is 5.17 Å². The van der Waals surface area contributed by atoms with Crippen LogP contribution in [0.5, 0.6) is 0 Å². The number of carbonyl (C=O) groups excluding carboxylic acids is 3. The number of anilines is 1. The highest BCUT2D eigenvalue weighted by molar-refractivity contribution is 8.15. The van der Waals surface area contributed by atoms with Gasteiger partial charge < -0.3 is 15.5 Å². The van der Waals surface area contributed by atoms with Crippen molar-refractivity contribution in [3.8, 4) is 0 Å². The summed E-state index contributed by atoms with van der Waals surface area (Å²) >= 11 is 1.34. The van der Waals surface area contributed by atoms with Crippen LogP contribution in [0.1, 0.15) is 35.2 Å². The van der Waals surface area contributed by atoms with Gasteiger partial charge in [-0.2, -0.15) is 4.99 Å². The number of hydrogen-bond acceptors (Lipinski definition) is 7. The molecule has 2 aromatic rings. The third-order valence-corrected chi connectivity index (χ3v) is 7.75. The predicted molar refractivity (Wildman–Crippen MR) is 133 cm³/mol. The minimum atomic E-state index is -3.77. The molecule has 1 atom stereocenters. The molecule has 2 heterocycles. The van der Waals surface area contributed by atoms with Gasteiger partial charge in [-0.15, -0.1) is 0 Å². The molecule has 2 aromatic carbocycles. The summed E-state index contributed by atoms with van der Waals surface area (Å²) in [6.07, 6.45) is 2.19. The molecule has 0 aromatic heterocycles. The van der Waals surface area contributed by atoms with Crippen LogP contribution in [0.3, 0.4) is 0 Å². The zero-order valence-electron chi connectivity index (χ0n) is 18.8. The molecule has 0 bridgehead atoms. The van der Waals surface area contributed by atoms with Crippen molar-refractivity contribution in [2.24, 2.45) is 10.1 Å². The number of primary sulfonamides is 1. The molecule has 1 fully saturated rings. The number of thioether (sulfide) groups is 1. The summed E-state index contributed by atoms with van der Waals surface area (Å²) < 4.78 is 22.6. The second-order valence-corrected chi connectivity index (χ2v) is 11.0. The van der Waals surface area contributed by atoms with E-state index in [0.717, 1.165) is 25.9 Å². The summed E-state index contributed by atoms with van der Waals surface area (Å²) in [7, 11) is -3.77. The van der Waals surface area contributed by atoms with E-state index in [1.807, 2.05) is 0 Å². The van der Waals surface area contributed by atoms with Crippen LogP contribution in [0.25, 0.3) is 0 Å². The average Bonchev–Trinajstić information content (AvgIpc) is 3.48. The summed E-state index contributed by atoms with van der Waals surface area (Å²) in [5.41, 5.74) is 1.63. The van der Waals surface area contributed by atoms with Crippen LogP contribution in [0.15, 0.2) is 58.4 Å². The van der Waals surface area contributed by atoms with Gasteiger partial charge in [-0.05, 0) is 54.8 Å². The SMILES string of the molecule is NS(=O)(=O)c1ccc(CNC(=O)c2ccc(NC(=O)C[C@H]3SC(N4CCCC4)=NC3=O)cc2)cc1. The Balaban J connectivity index is 1.25. The van der Waals surface area contributed by atoms with E-state index in [4.69, 9.17) is 5.14 Å². The molecule has 3 amide bonds. The molecular formula is C23H25N5O5S2. The van der Waals surface area contributed by atoms with Crippen LogP contribution in [0.2, 0.25) is 0 Å². The Morgan fingerprint density at radius 3 is 2.34 bits per heavy atom. The van der Waals surface area contributed by atoms with Crippen molar-refractivity contribution in [2.45, 2.75) is 36.0 Å². The molecular weight excluding hydrogens is 490 g/mol. The average molecular weight is 516 g/mol. The first-order chi connectivity index (χ1) is 16.7. The number of hydrogen-bond donors (Lipinski definition) is 3. The maximum absolute atomic E-state index is 12.4. The number of amides is 3. The quantitative estimate of drug-likeness (QED) is 0.507. The van der Waals surface area contributed by atoms with E-state index < -0.39 is 15.3 Å². The van der Waals surface area contributed by atoms with E-state index in [2.05, 4.69) is 20.5 Å². The maximum atomic E-state index is 12.4. The van der Waals surface area contributed by atoms with Crippen molar-refractivity contribution in [1.29, 1.82) is 0 Å². The monoisotopic (exact) mass is 515 g/mol. The Hall–Kier alpha value is -3.22. The molecule has 4 rings (SSSR count). The molecule has 4 N–H and O–H groups in total. The Labute approximate surface area is 207 Å².